The van der Waals surface area contributed by atoms with Crippen LogP contribution in [0.5, 0.6) is 11.5 Å². The van der Waals surface area contributed by atoms with E-state index < -0.39 is 0 Å². The zero-order valence-electron chi connectivity index (χ0n) is 13.0. The number of ether oxygens (including phenoxy) is 3. The van der Waals surface area contributed by atoms with Gasteiger partial charge in [0.25, 0.3) is 0 Å². The monoisotopic (exact) mass is 296 g/mol. The van der Waals surface area contributed by atoms with Crippen LogP contribution in [0.1, 0.15) is 30.4 Å². The van der Waals surface area contributed by atoms with E-state index in [2.05, 4.69) is 24.3 Å². The maximum absolute atomic E-state index is 6.44. The van der Waals surface area contributed by atoms with Gasteiger partial charge in [-0.3, -0.25) is 0 Å². The first-order chi connectivity index (χ1) is 10.8. The lowest BCUT2D eigenvalue weighted by molar-refractivity contribution is 0.0947. The summed E-state index contributed by atoms with van der Waals surface area (Å²) in [5.74, 6) is 3.39. The van der Waals surface area contributed by atoms with Crippen molar-refractivity contribution in [3.05, 3.63) is 46.7 Å². The molecule has 3 nitrogen and oxygen atoms in total. The summed E-state index contributed by atoms with van der Waals surface area (Å²) in [5.41, 5.74) is 4.36. The lowest BCUT2D eigenvalue weighted by Gasteiger charge is -2.49. The first-order valence-corrected chi connectivity index (χ1v) is 8.13. The lowest BCUT2D eigenvalue weighted by atomic mass is 9.53. The molecule has 0 saturated heterocycles. The van der Waals surface area contributed by atoms with Crippen molar-refractivity contribution in [3.8, 4) is 11.5 Å². The molecule has 0 N–H and O–H groups in total. The van der Waals surface area contributed by atoms with Crippen LogP contribution in [0.2, 0.25) is 0 Å². The molecule has 1 spiro atoms. The third kappa shape index (κ3) is 1.25. The number of methoxy groups -OCH3 is 2. The van der Waals surface area contributed by atoms with Gasteiger partial charge in [0.15, 0.2) is 17.6 Å². The van der Waals surface area contributed by atoms with E-state index in [0.717, 1.165) is 30.1 Å². The first kappa shape index (κ1) is 12.6. The van der Waals surface area contributed by atoms with E-state index in [-0.39, 0.29) is 11.5 Å². The van der Waals surface area contributed by atoms with Crippen molar-refractivity contribution >= 4 is 0 Å². The summed E-state index contributed by atoms with van der Waals surface area (Å²) in [4.78, 5) is 0. The van der Waals surface area contributed by atoms with Crippen molar-refractivity contribution in [1.82, 2.24) is 0 Å². The SMILES string of the molecule is COC1=CC=C2[C@@H]3CCC[C@@]24c2c(ccc(OC)c2O[C@@H]14)C3. The Labute approximate surface area is 130 Å². The summed E-state index contributed by atoms with van der Waals surface area (Å²) in [6.45, 7) is 0. The highest BCUT2D eigenvalue weighted by atomic mass is 16.6. The van der Waals surface area contributed by atoms with E-state index in [1.165, 1.54) is 24.0 Å². The van der Waals surface area contributed by atoms with Crippen molar-refractivity contribution in [2.75, 3.05) is 14.2 Å². The third-order valence-electron chi connectivity index (χ3n) is 6.02. The van der Waals surface area contributed by atoms with Crippen LogP contribution in [0.4, 0.5) is 0 Å². The summed E-state index contributed by atoms with van der Waals surface area (Å²) in [7, 11) is 3.46. The average molecular weight is 296 g/mol. The fourth-order valence-electron chi connectivity index (χ4n) is 5.23. The molecule has 2 bridgehead atoms. The third-order valence-corrected chi connectivity index (χ3v) is 6.02. The molecular formula is C19H20O3. The van der Waals surface area contributed by atoms with Gasteiger partial charge in [-0.05, 0) is 42.9 Å². The average Bonchev–Trinajstić information content (AvgIpc) is 2.88. The smallest absolute Gasteiger partial charge is 0.169 e. The van der Waals surface area contributed by atoms with Crippen molar-refractivity contribution in [2.45, 2.75) is 37.2 Å². The molecule has 5 rings (SSSR count). The van der Waals surface area contributed by atoms with Crippen LogP contribution in [0.15, 0.2) is 35.6 Å². The van der Waals surface area contributed by atoms with Crippen molar-refractivity contribution in [1.29, 1.82) is 0 Å². The first-order valence-electron chi connectivity index (χ1n) is 8.13. The van der Waals surface area contributed by atoms with Crippen LogP contribution >= 0.6 is 0 Å². The van der Waals surface area contributed by atoms with Crippen molar-refractivity contribution in [2.24, 2.45) is 5.92 Å². The highest BCUT2D eigenvalue weighted by Gasteiger charge is 2.60. The number of allylic oxidation sites excluding steroid dienone is 2. The van der Waals surface area contributed by atoms with E-state index in [9.17, 15) is 0 Å². The van der Waals surface area contributed by atoms with E-state index in [0.29, 0.717) is 5.92 Å². The van der Waals surface area contributed by atoms with Gasteiger partial charge in [0.2, 0.25) is 0 Å². The maximum atomic E-state index is 6.44. The minimum Gasteiger partial charge on any atom is -0.497 e. The molecule has 1 aromatic rings. The second-order valence-electron chi connectivity index (χ2n) is 6.79. The number of hydrogen-bond acceptors (Lipinski definition) is 3. The van der Waals surface area contributed by atoms with Crippen molar-refractivity contribution in [3.63, 3.8) is 0 Å². The molecule has 1 heterocycles. The second-order valence-corrected chi connectivity index (χ2v) is 6.79. The van der Waals surface area contributed by atoms with Crippen LogP contribution in [0, 0.1) is 5.92 Å². The van der Waals surface area contributed by atoms with Crippen LogP contribution in [-0.2, 0) is 16.6 Å². The molecule has 3 aliphatic carbocycles. The van der Waals surface area contributed by atoms with Gasteiger partial charge < -0.3 is 14.2 Å². The molecule has 0 radical (unpaired) electrons. The predicted octanol–water partition coefficient (Wildman–Crippen LogP) is 3.52. The quantitative estimate of drug-likeness (QED) is 0.835. The molecule has 3 heteroatoms. The Morgan fingerprint density at radius 3 is 2.91 bits per heavy atom. The largest absolute Gasteiger partial charge is 0.497 e. The van der Waals surface area contributed by atoms with Crippen LogP contribution in [0.25, 0.3) is 0 Å². The highest BCUT2D eigenvalue weighted by molar-refractivity contribution is 5.66. The minimum absolute atomic E-state index is 0.0134. The molecule has 1 fully saturated rings. The maximum Gasteiger partial charge on any atom is 0.169 e. The number of hydrogen-bond donors (Lipinski definition) is 0. The van der Waals surface area contributed by atoms with Gasteiger partial charge in [-0.25, -0.2) is 0 Å². The van der Waals surface area contributed by atoms with Gasteiger partial charge in [-0.1, -0.05) is 24.1 Å². The molecule has 22 heavy (non-hydrogen) atoms. The molecule has 1 aromatic carbocycles. The Kier molecular flexibility index (Phi) is 2.35. The zero-order chi connectivity index (χ0) is 14.9. The Balaban J connectivity index is 1.85. The molecule has 1 aliphatic heterocycles. The summed E-state index contributed by atoms with van der Waals surface area (Å²) in [5, 5.41) is 0. The van der Waals surface area contributed by atoms with E-state index in [4.69, 9.17) is 14.2 Å². The number of rotatable bonds is 2. The molecule has 0 aromatic heterocycles. The second kappa shape index (κ2) is 4.09. The van der Waals surface area contributed by atoms with E-state index >= 15 is 0 Å². The van der Waals surface area contributed by atoms with E-state index in [1.807, 2.05) is 0 Å². The fraction of sp³-hybridized carbons (Fsp3) is 0.474. The Morgan fingerprint density at radius 2 is 2.09 bits per heavy atom. The predicted molar refractivity (Wildman–Crippen MR) is 83.3 cm³/mol. The Hall–Kier alpha value is -1.90. The summed E-state index contributed by atoms with van der Waals surface area (Å²) < 4.78 is 17.7. The van der Waals surface area contributed by atoms with E-state index in [1.54, 1.807) is 19.8 Å². The summed E-state index contributed by atoms with van der Waals surface area (Å²) >= 11 is 0. The standard InChI is InChI=1S/C19H20O3/c1-20-14-7-5-12-10-11-4-3-9-19-13(11)6-8-15(21-2)18(19)22-17(14)16(12)19/h5-8,11,18H,3-4,9-10H2,1-2H3/t11-,18+,19+/m1/s1. The molecular weight excluding hydrogens is 276 g/mol. The van der Waals surface area contributed by atoms with Crippen LogP contribution < -0.4 is 9.47 Å². The lowest BCUT2D eigenvalue weighted by Crippen LogP contribution is -2.50. The van der Waals surface area contributed by atoms with Crippen LogP contribution in [-0.4, -0.2) is 20.3 Å². The van der Waals surface area contributed by atoms with Gasteiger partial charge in [0, 0.05) is 5.56 Å². The summed E-state index contributed by atoms with van der Waals surface area (Å²) in [6, 6.07) is 4.30. The summed E-state index contributed by atoms with van der Waals surface area (Å²) in [6.07, 6.45) is 9.22. The number of benzene rings is 1. The molecule has 114 valence electrons. The molecule has 1 saturated carbocycles. The molecule has 4 aliphatic rings. The molecule has 0 amide bonds. The Morgan fingerprint density at radius 1 is 1.18 bits per heavy atom. The minimum atomic E-state index is -0.0225. The van der Waals surface area contributed by atoms with Gasteiger partial charge in [0.05, 0.1) is 19.6 Å². The normalized spacial score (nSPS) is 33.4. The highest BCUT2D eigenvalue weighted by Crippen LogP contribution is 2.64. The van der Waals surface area contributed by atoms with Gasteiger partial charge >= 0.3 is 0 Å². The topological polar surface area (TPSA) is 27.7 Å². The molecule has 0 unspecified atom stereocenters. The van der Waals surface area contributed by atoms with Gasteiger partial charge in [-0.2, -0.15) is 0 Å². The molecule has 3 atom stereocenters. The van der Waals surface area contributed by atoms with Gasteiger partial charge in [-0.15, -0.1) is 0 Å². The van der Waals surface area contributed by atoms with Gasteiger partial charge in [0.1, 0.15) is 5.76 Å². The van der Waals surface area contributed by atoms with Crippen molar-refractivity contribution < 1.29 is 14.2 Å². The van der Waals surface area contributed by atoms with Crippen LogP contribution in [0.3, 0.4) is 0 Å². The Bertz CT molecular complexity index is 730. The zero-order valence-corrected chi connectivity index (χ0v) is 13.0. The fourth-order valence-corrected chi connectivity index (χ4v) is 5.23.